The number of nitrogens with zero attached hydrogens (tertiary/aromatic N) is 3. The molecule has 1 aromatic rings. The number of primary amides is 1. The maximum Gasteiger partial charge on any atom is 0.270 e. The van der Waals surface area contributed by atoms with Gasteiger partial charge in [-0.1, -0.05) is 11.6 Å². The Morgan fingerprint density at radius 2 is 2.00 bits per heavy atom. The molecule has 1 amide bonds. The molecule has 8 N–H and O–H groups in total. The Hall–Kier alpha value is -2.69. The van der Waals surface area contributed by atoms with Crippen molar-refractivity contribution in [2.75, 3.05) is 18.1 Å². The Balaban J connectivity index is 2.40. The lowest BCUT2D eigenvalue weighted by molar-refractivity contribution is -0.111. The van der Waals surface area contributed by atoms with Gasteiger partial charge in [0.2, 0.25) is 5.96 Å². The Morgan fingerprint density at radius 3 is 2.54 bits per heavy atom. The molecule has 2 atom stereocenters. The summed E-state index contributed by atoms with van der Waals surface area (Å²) in [4.78, 5) is 17.8. The van der Waals surface area contributed by atoms with Gasteiger partial charge in [0.15, 0.2) is 17.0 Å². The Morgan fingerprint density at radius 1 is 1.38 bits per heavy atom. The van der Waals surface area contributed by atoms with Crippen molar-refractivity contribution in [3.05, 3.63) is 24.3 Å². The number of anilines is 1. The van der Waals surface area contributed by atoms with Gasteiger partial charge in [-0.3, -0.25) is 25.5 Å². The van der Waals surface area contributed by atoms with Gasteiger partial charge in [0.05, 0.1) is 0 Å². The second kappa shape index (κ2) is 8.13. The number of nitrogens with one attached hydrogen (secondary N) is 2. The summed E-state index contributed by atoms with van der Waals surface area (Å²) in [5, 5.41) is 35.3. The molecule has 0 saturated carbocycles. The summed E-state index contributed by atoms with van der Waals surface area (Å²) in [5.74, 6) is -1.56. The Bertz CT molecular complexity index is 737. The lowest BCUT2D eigenvalue weighted by atomic mass is 10.2. The molecule has 0 spiro atoms. The number of aliphatic imine (C=N–C) groups is 1. The fourth-order valence-electron chi connectivity index (χ4n) is 2.42. The molecule has 0 saturated heterocycles. The minimum atomic E-state index is -1.08. The normalized spacial score (nSPS) is 19.9. The van der Waals surface area contributed by atoms with Gasteiger partial charge in [0, 0.05) is 18.8 Å². The second-order valence-electron chi connectivity index (χ2n) is 5.49. The van der Waals surface area contributed by atoms with Crippen molar-refractivity contribution in [2.24, 2.45) is 16.5 Å². The Kier molecular flexibility index (Phi) is 6.14. The summed E-state index contributed by atoms with van der Waals surface area (Å²) >= 11 is 6.04. The lowest BCUT2D eigenvalue weighted by Crippen LogP contribution is -2.63. The highest BCUT2D eigenvalue weighted by Crippen LogP contribution is 2.23. The predicted molar refractivity (Wildman–Crippen MR) is 98.7 cm³/mol. The van der Waals surface area contributed by atoms with Crippen LogP contribution in [-0.4, -0.2) is 63.3 Å². The summed E-state index contributed by atoms with van der Waals surface area (Å²) in [7, 11) is 0. The molecule has 0 radical (unpaired) electrons. The van der Waals surface area contributed by atoms with E-state index in [0.29, 0.717) is 12.1 Å². The van der Waals surface area contributed by atoms with Crippen molar-refractivity contribution in [1.29, 1.82) is 10.8 Å². The number of nitrogens with two attached hydrogens (primary N) is 2. The molecule has 10 nitrogen and oxygen atoms in total. The van der Waals surface area contributed by atoms with Crippen LogP contribution in [0.5, 0.6) is 5.75 Å². The van der Waals surface area contributed by atoms with E-state index in [1.807, 2.05) is 0 Å². The van der Waals surface area contributed by atoms with Gasteiger partial charge >= 0.3 is 0 Å². The van der Waals surface area contributed by atoms with E-state index in [9.17, 15) is 9.90 Å². The number of hydrogen-bond donors (Lipinski definition) is 6. The minimum Gasteiger partial charge on any atom is -0.508 e. The van der Waals surface area contributed by atoms with Crippen LogP contribution >= 0.6 is 11.6 Å². The lowest BCUT2D eigenvalue weighted by Gasteiger charge is -2.39. The number of aliphatic hydroxyl groups is 1. The zero-order valence-corrected chi connectivity index (χ0v) is 14.5. The number of amides is 1. The topological polar surface area (TPSA) is 176 Å². The number of hydrogen-bond acceptors (Lipinski definition) is 7. The molecule has 0 bridgehead atoms. The van der Waals surface area contributed by atoms with Crippen LogP contribution in [0.15, 0.2) is 29.3 Å². The quantitative estimate of drug-likeness (QED) is 0.175. The predicted octanol–water partition coefficient (Wildman–Crippen LogP) is -0.415. The molecule has 11 heteroatoms. The molecule has 1 heterocycles. The van der Waals surface area contributed by atoms with E-state index in [0.717, 1.165) is 4.90 Å². The highest BCUT2D eigenvalue weighted by molar-refractivity contribution is 6.67. The molecule has 1 aromatic carbocycles. The van der Waals surface area contributed by atoms with E-state index < -0.39 is 23.4 Å². The van der Waals surface area contributed by atoms with E-state index in [1.54, 1.807) is 12.1 Å². The minimum absolute atomic E-state index is 0.0498. The van der Waals surface area contributed by atoms with Crippen molar-refractivity contribution in [3.63, 3.8) is 0 Å². The van der Waals surface area contributed by atoms with E-state index >= 15 is 0 Å². The van der Waals surface area contributed by atoms with Gasteiger partial charge in [-0.2, -0.15) is 0 Å². The molecule has 2 rings (SSSR count). The molecule has 0 aromatic heterocycles. The number of amidine groups is 1. The zero-order valence-electron chi connectivity index (χ0n) is 13.8. The third-order valence-corrected chi connectivity index (χ3v) is 4.07. The van der Waals surface area contributed by atoms with Crippen LogP contribution in [0.2, 0.25) is 0 Å². The molecule has 0 aliphatic carbocycles. The number of carbonyl (C=O) groups excluding carboxylic acids is 1. The summed E-state index contributed by atoms with van der Waals surface area (Å²) in [6.45, 7) is 0.115. The van der Waals surface area contributed by atoms with Crippen LogP contribution in [0.1, 0.15) is 6.42 Å². The van der Waals surface area contributed by atoms with Gasteiger partial charge in [-0.15, -0.1) is 0 Å². The van der Waals surface area contributed by atoms with Crippen molar-refractivity contribution < 1.29 is 15.0 Å². The number of alkyl halides is 1. The molecular weight excluding hydrogens is 362 g/mol. The average molecular weight is 382 g/mol. The van der Waals surface area contributed by atoms with Crippen molar-refractivity contribution in [1.82, 2.24) is 4.90 Å². The van der Waals surface area contributed by atoms with Crippen LogP contribution in [0.3, 0.4) is 0 Å². The number of phenolic OH excluding ortho intramolecular Hbond substituents is 1. The van der Waals surface area contributed by atoms with Gasteiger partial charge in [-0.05, 0) is 30.7 Å². The fraction of sp³-hybridized carbons (Fsp3) is 0.333. The maximum absolute atomic E-state index is 11.5. The summed E-state index contributed by atoms with van der Waals surface area (Å²) in [5.41, 5.74) is 10.3. The number of benzene rings is 1. The zero-order chi connectivity index (χ0) is 19.4. The summed E-state index contributed by atoms with van der Waals surface area (Å²) in [6.07, 6.45) is -0.728. The number of phenols is 1. The molecule has 26 heavy (non-hydrogen) atoms. The fourth-order valence-corrected chi connectivity index (χ4v) is 2.63. The first kappa shape index (κ1) is 19.6. The standard InChI is InChI=1S/C15H20ClN7O3/c16-11-13(18)23(12(17)10(21-11)14(19)26)15(20)22(6-1-7-24)8-2-4-9(25)5-3-8/h2-5,11,13,17,20,24-25H,1,6-7,18H2,(H2,19,26). The molecular formula is C15H20ClN7O3. The van der Waals surface area contributed by atoms with E-state index in [-0.39, 0.29) is 30.6 Å². The SMILES string of the molecule is N=C1C(C(N)=O)=NC(Cl)C(N)N1C(=N)N(CCCO)c1ccc(O)cc1. The third kappa shape index (κ3) is 3.93. The van der Waals surface area contributed by atoms with Gasteiger partial charge in [-0.25, -0.2) is 0 Å². The number of aliphatic hydroxyl groups excluding tert-OH is 1. The van der Waals surface area contributed by atoms with Gasteiger partial charge < -0.3 is 26.6 Å². The first-order valence-corrected chi connectivity index (χ1v) is 8.13. The van der Waals surface area contributed by atoms with E-state index in [4.69, 9.17) is 39.0 Å². The molecule has 0 fully saturated rings. The highest BCUT2D eigenvalue weighted by Gasteiger charge is 2.38. The number of aromatic hydroxyl groups is 1. The van der Waals surface area contributed by atoms with Crippen LogP contribution in [-0.2, 0) is 4.79 Å². The molecule has 140 valence electrons. The van der Waals surface area contributed by atoms with Gasteiger partial charge in [0.1, 0.15) is 11.9 Å². The third-order valence-electron chi connectivity index (χ3n) is 3.72. The molecule has 2 unspecified atom stereocenters. The maximum atomic E-state index is 11.5. The number of guanidine groups is 1. The first-order valence-electron chi connectivity index (χ1n) is 7.69. The van der Waals surface area contributed by atoms with Crippen LogP contribution < -0.4 is 16.4 Å². The van der Waals surface area contributed by atoms with Crippen molar-refractivity contribution in [2.45, 2.75) is 18.1 Å². The number of rotatable bonds is 5. The van der Waals surface area contributed by atoms with E-state index in [2.05, 4.69) is 4.99 Å². The van der Waals surface area contributed by atoms with Crippen molar-refractivity contribution in [3.8, 4) is 5.75 Å². The second-order valence-corrected chi connectivity index (χ2v) is 5.94. The largest absolute Gasteiger partial charge is 0.508 e. The van der Waals surface area contributed by atoms with E-state index in [1.165, 1.54) is 17.0 Å². The van der Waals surface area contributed by atoms with Crippen LogP contribution in [0, 0.1) is 10.8 Å². The first-order chi connectivity index (χ1) is 12.3. The van der Waals surface area contributed by atoms with Gasteiger partial charge in [0.25, 0.3) is 5.91 Å². The number of halogens is 1. The average Bonchev–Trinajstić information content (AvgIpc) is 2.59. The van der Waals surface area contributed by atoms with Crippen LogP contribution in [0.4, 0.5) is 5.69 Å². The molecule has 1 aliphatic rings. The summed E-state index contributed by atoms with van der Waals surface area (Å²) in [6, 6.07) is 6.02. The Labute approximate surface area is 154 Å². The molecule has 1 aliphatic heterocycles. The number of carbonyl (C=O) groups is 1. The van der Waals surface area contributed by atoms with Crippen molar-refractivity contribution >= 4 is 40.7 Å². The smallest absolute Gasteiger partial charge is 0.270 e. The summed E-state index contributed by atoms with van der Waals surface area (Å²) < 4.78 is 0. The monoisotopic (exact) mass is 381 g/mol. The highest BCUT2D eigenvalue weighted by atomic mass is 35.5. The van der Waals surface area contributed by atoms with Crippen LogP contribution in [0.25, 0.3) is 0 Å².